The van der Waals surface area contributed by atoms with Crippen LogP contribution in [-0.2, 0) is 13.1 Å². The van der Waals surface area contributed by atoms with Crippen LogP contribution in [0.3, 0.4) is 0 Å². The first-order valence-electron chi connectivity index (χ1n) is 6.08. The van der Waals surface area contributed by atoms with Crippen molar-refractivity contribution in [3.05, 3.63) is 40.2 Å². The van der Waals surface area contributed by atoms with Crippen LogP contribution in [0.15, 0.2) is 18.3 Å². The van der Waals surface area contributed by atoms with E-state index in [-0.39, 0.29) is 0 Å². The van der Waals surface area contributed by atoms with Gasteiger partial charge in [-0.05, 0) is 37.1 Å². The highest BCUT2D eigenvalue weighted by Gasteiger charge is 2.06. The zero-order chi connectivity index (χ0) is 13.8. The summed E-state index contributed by atoms with van der Waals surface area (Å²) >= 11 is 5.98. The molecule has 1 aromatic carbocycles. The van der Waals surface area contributed by atoms with Crippen molar-refractivity contribution in [1.29, 1.82) is 0 Å². The van der Waals surface area contributed by atoms with E-state index in [1.54, 1.807) is 4.68 Å². The lowest BCUT2D eigenvalue weighted by molar-refractivity contribution is 0.286. The summed E-state index contributed by atoms with van der Waals surface area (Å²) in [7, 11) is 0. The number of hydrogen-bond donors (Lipinski definition) is 1. The Labute approximate surface area is 117 Å². The Balaban J connectivity index is 1.96. The lowest BCUT2D eigenvalue weighted by Crippen LogP contribution is -2.10. The first-order chi connectivity index (χ1) is 9.10. The van der Waals surface area contributed by atoms with Gasteiger partial charge in [-0.25, -0.2) is 4.68 Å². The molecule has 0 saturated heterocycles. The topological polar surface area (TPSA) is 66.0 Å². The second kappa shape index (κ2) is 6.04. The molecule has 2 N–H and O–H groups in total. The highest BCUT2D eigenvalue weighted by molar-refractivity contribution is 6.30. The van der Waals surface area contributed by atoms with E-state index in [2.05, 4.69) is 10.3 Å². The molecule has 0 radical (unpaired) electrons. The standard InChI is InChI=1S/C13H17ClN4O/c1-9-5-11(14)6-10(2)13(9)19-4-3-18-8-12(7-15)16-17-18/h5-6,8H,3-4,7,15H2,1-2H3. The average molecular weight is 281 g/mol. The fraction of sp³-hybridized carbons (Fsp3) is 0.385. The summed E-state index contributed by atoms with van der Waals surface area (Å²) in [5.74, 6) is 0.878. The van der Waals surface area contributed by atoms with Crippen LogP contribution in [-0.4, -0.2) is 21.6 Å². The second-order valence-corrected chi connectivity index (χ2v) is 4.83. The molecule has 6 heteroatoms. The van der Waals surface area contributed by atoms with E-state index in [0.29, 0.717) is 19.7 Å². The summed E-state index contributed by atoms with van der Waals surface area (Å²) in [5, 5.41) is 8.61. The van der Waals surface area contributed by atoms with Crippen LogP contribution < -0.4 is 10.5 Å². The Morgan fingerprint density at radius 2 is 2.00 bits per heavy atom. The number of benzene rings is 1. The van der Waals surface area contributed by atoms with Crippen LogP contribution in [0.1, 0.15) is 16.8 Å². The lowest BCUT2D eigenvalue weighted by atomic mass is 10.1. The molecule has 0 aliphatic heterocycles. The number of hydrogen-bond acceptors (Lipinski definition) is 4. The van der Waals surface area contributed by atoms with E-state index in [1.807, 2.05) is 32.2 Å². The first-order valence-corrected chi connectivity index (χ1v) is 6.46. The van der Waals surface area contributed by atoms with Crippen LogP contribution in [0.2, 0.25) is 5.02 Å². The zero-order valence-corrected chi connectivity index (χ0v) is 11.8. The van der Waals surface area contributed by atoms with Gasteiger partial charge in [-0.1, -0.05) is 16.8 Å². The molecule has 0 fully saturated rings. The van der Waals surface area contributed by atoms with Gasteiger partial charge in [-0.15, -0.1) is 5.10 Å². The summed E-state index contributed by atoms with van der Waals surface area (Å²) in [6, 6.07) is 3.79. The Morgan fingerprint density at radius 3 is 2.58 bits per heavy atom. The number of aromatic nitrogens is 3. The normalized spacial score (nSPS) is 10.7. The largest absolute Gasteiger partial charge is 0.491 e. The molecule has 5 nitrogen and oxygen atoms in total. The Kier molecular flexibility index (Phi) is 4.39. The molecule has 0 saturated carbocycles. The van der Waals surface area contributed by atoms with Gasteiger partial charge in [-0.3, -0.25) is 0 Å². The third kappa shape index (κ3) is 3.45. The van der Waals surface area contributed by atoms with Gasteiger partial charge in [0.05, 0.1) is 12.2 Å². The SMILES string of the molecule is Cc1cc(Cl)cc(C)c1OCCn1cc(CN)nn1. The summed E-state index contributed by atoms with van der Waals surface area (Å²) in [5.41, 5.74) is 8.32. The molecule has 0 unspecified atom stereocenters. The molecule has 0 aliphatic carbocycles. The number of nitrogens with two attached hydrogens (primary N) is 1. The van der Waals surface area contributed by atoms with Gasteiger partial charge in [-0.2, -0.15) is 0 Å². The minimum absolute atomic E-state index is 0.399. The van der Waals surface area contributed by atoms with E-state index in [9.17, 15) is 0 Å². The number of aryl methyl sites for hydroxylation is 2. The van der Waals surface area contributed by atoms with Crippen molar-refractivity contribution < 1.29 is 4.74 Å². The second-order valence-electron chi connectivity index (χ2n) is 4.39. The molecular formula is C13H17ClN4O. The van der Waals surface area contributed by atoms with Crippen LogP contribution >= 0.6 is 11.6 Å². The molecule has 2 aromatic rings. The predicted octanol–water partition coefficient (Wildman–Crippen LogP) is 2.09. The lowest BCUT2D eigenvalue weighted by Gasteiger charge is -2.12. The van der Waals surface area contributed by atoms with Gasteiger partial charge in [0.25, 0.3) is 0 Å². The van der Waals surface area contributed by atoms with Gasteiger partial charge in [0.15, 0.2) is 0 Å². The molecule has 2 rings (SSSR count). The predicted molar refractivity (Wildman–Crippen MR) is 74.3 cm³/mol. The zero-order valence-electron chi connectivity index (χ0n) is 11.1. The maximum atomic E-state index is 5.98. The highest BCUT2D eigenvalue weighted by atomic mass is 35.5. The van der Waals surface area contributed by atoms with E-state index in [4.69, 9.17) is 22.1 Å². The van der Waals surface area contributed by atoms with Crippen molar-refractivity contribution in [2.75, 3.05) is 6.61 Å². The minimum atomic E-state index is 0.399. The van der Waals surface area contributed by atoms with Crippen LogP contribution in [0.4, 0.5) is 0 Å². The van der Waals surface area contributed by atoms with Crippen LogP contribution in [0.25, 0.3) is 0 Å². The van der Waals surface area contributed by atoms with Crippen molar-refractivity contribution in [3.63, 3.8) is 0 Å². The van der Waals surface area contributed by atoms with Crippen molar-refractivity contribution in [2.45, 2.75) is 26.9 Å². The van der Waals surface area contributed by atoms with Crippen molar-refractivity contribution in [3.8, 4) is 5.75 Å². The summed E-state index contributed by atoms with van der Waals surface area (Å²) in [6.07, 6.45) is 1.82. The molecular weight excluding hydrogens is 264 g/mol. The van der Waals surface area contributed by atoms with Crippen molar-refractivity contribution in [1.82, 2.24) is 15.0 Å². The number of ether oxygens (including phenoxy) is 1. The first kappa shape index (κ1) is 13.8. The molecule has 1 aromatic heterocycles. The molecule has 0 atom stereocenters. The minimum Gasteiger partial charge on any atom is -0.491 e. The molecule has 1 heterocycles. The third-order valence-corrected chi connectivity index (χ3v) is 3.01. The Morgan fingerprint density at radius 1 is 1.32 bits per heavy atom. The van der Waals surface area contributed by atoms with Crippen LogP contribution in [0.5, 0.6) is 5.75 Å². The highest BCUT2D eigenvalue weighted by Crippen LogP contribution is 2.26. The molecule has 0 aliphatic rings. The number of nitrogens with zero attached hydrogens (tertiary/aromatic N) is 3. The van der Waals surface area contributed by atoms with Gasteiger partial charge in [0, 0.05) is 17.8 Å². The van der Waals surface area contributed by atoms with E-state index >= 15 is 0 Å². The maximum Gasteiger partial charge on any atom is 0.125 e. The van der Waals surface area contributed by atoms with Gasteiger partial charge < -0.3 is 10.5 Å². The number of rotatable bonds is 5. The van der Waals surface area contributed by atoms with E-state index in [1.165, 1.54) is 0 Å². The summed E-state index contributed by atoms with van der Waals surface area (Å²) in [4.78, 5) is 0. The molecule has 0 spiro atoms. The van der Waals surface area contributed by atoms with Gasteiger partial charge in [0.1, 0.15) is 12.4 Å². The monoisotopic (exact) mass is 280 g/mol. The average Bonchev–Trinajstić information content (AvgIpc) is 2.80. The Hall–Kier alpha value is -1.59. The summed E-state index contributed by atoms with van der Waals surface area (Å²) < 4.78 is 7.52. The fourth-order valence-corrected chi connectivity index (χ4v) is 2.24. The maximum absolute atomic E-state index is 5.98. The molecule has 102 valence electrons. The number of halogens is 1. The van der Waals surface area contributed by atoms with Gasteiger partial charge >= 0.3 is 0 Å². The molecule has 0 bridgehead atoms. The quantitative estimate of drug-likeness (QED) is 0.911. The van der Waals surface area contributed by atoms with E-state index in [0.717, 1.165) is 27.6 Å². The smallest absolute Gasteiger partial charge is 0.125 e. The van der Waals surface area contributed by atoms with Gasteiger partial charge in [0.2, 0.25) is 0 Å². The molecule has 19 heavy (non-hydrogen) atoms. The van der Waals surface area contributed by atoms with Crippen molar-refractivity contribution >= 4 is 11.6 Å². The fourth-order valence-electron chi connectivity index (χ4n) is 1.91. The van der Waals surface area contributed by atoms with Crippen molar-refractivity contribution in [2.24, 2.45) is 5.73 Å². The summed E-state index contributed by atoms with van der Waals surface area (Å²) in [6.45, 7) is 5.52. The van der Waals surface area contributed by atoms with Crippen LogP contribution in [0, 0.1) is 13.8 Å². The third-order valence-electron chi connectivity index (χ3n) is 2.79. The van der Waals surface area contributed by atoms with E-state index < -0.39 is 0 Å². The molecule has 0 amide bonds. The Bertz CT molecular complexity index is 545.